The molecule has 0 heterocycles. The Morgan fingerprint density at radius 2 is 1.65 bits per heavy atom. The molecule has 0 aliphatic carbocycles. The molecule has 2 aromatic rings. The van der Waals surface area contributed by atoms with E-state index in [0.717, 1.165) is 12.7 Å². The summed E-state index contributed by atoms with van der Waals surface area (Å²) in [6, 6.07) is 9.89. The summed E-state index contributed by atoms with van der Waals surface area (Å²) >= 11 is 0. The van der Waals surface area contributed by atoms with Crippen LogP contribution >= 0.6 is 0 Å². The van der Waals surface area contributed by atoms with E-state index >= 15 is 0 Å². The first kappa shape index (κ1) is 24.3. The standard InChI is InChI=1S/C22H29NO7S/c1-7-15(2)23(22(24)18-10-9-17(27-3)13-20(18)29-5)14-16-8-11-19(28-4)21(12-16)30-31(6,25)26/h8-13,15H,7,14H2,1-6H3/t15-/m1/s1. The molecule has 0 N–H and O–H groups in total. The molecule has 0 unspecified atom stereocenters. The fourth-order valence-electron chi connectivity index (χ4n) is 3.02. The van der Waals surface area contributed by atoms with Gasteiger partial charge in [0.05, 0.1) is 33.1 Å². The van der Waals surface area contributed by atoms with Gasteiger partial charge in [0.2, 0.25) is 0 Å². The summed E-state index contributed by atoms with van der Waals surface area (Å²) in [4.78, 5) is 15.1. The Bertz CT molecular complexity index is 1020. The summed E-state index contributed by atoms with van der Waals surface area (Å²) < 4.78 is 44.1. The van der Waals surface area contributed by atoms with Crippen LogP contribution < -0.4 is 18.4 Å². The maximum atomic E-state index is 13.4. The molecule has 1 atom stereocenters. The van der Waals surface area contributed by atoms with Crippen LogP contribution in [0.4, 0.5) is 0 Å². The van der Waals surface area contributed by atoms with Gasteiger partial charge in [0.1, 0.15) is 11.5 Å². The maximum Gasteiger partial charge on any atom is 0.306 e. The Morgan fingerprint density at radius 3 is 2.19 bits per heavy atom. The summed E-state index contributed by atoms with van der Waals surface area (Å²) in [6.07, 6.45) is 1.69. The minimum atomic E-state index is -3.74. The normalized spacial score (nSPS) is 12.1. The van der Waals surface area contributed by atoms with E-state index in [1.165, 1.54) is 14.2 Å². The second-order valence-corrected chi connectivity index (χ2v) is 8.60. The van der Waals surface area contributed by atoms with Crippen molar-refractivity contribution in [1.82, 2.24) is 4.90 Å². The van der Waals surface area contributed by atoms with E-state index in [1.54, 1.807) is 48.4 Å². The zero-order valence-electron chi connectivity index (χ0n) is 18.7. The van der Waals surface area contributed by atoms with Gasteiger partial charge in [-0.05, 0) is 43.2 Å². The lowest BCUT2D eigenvalue weighted by atomic mass is 10.1. The van der Waals surface area contributed by atoms with E-state index in [2.05, 4.69) is 0 Å². The van der Waals surface area contributed by atoms with Gasteiger partial charge in [0, 0.05) is 18.7 Å². The lowest BCUT2D eigenvalue weighted by Crippen LogP contribution is -2.38. The first-order valence-electron chi connectivity index (χ1n) is 9.72. The van der Waals surface area contributed by atoms with Crippen molar-refractivity contribution < 1.29 is 31.6 Å². The second-order valence-electron chi connectivity index (χ2n) is 7.03. The minimum Gasteiger partial charge on any atom is -0.497 e. The van der Waals surface area contributed by atoms with Crippen molar-refractivity contribution in [3.8, 4) is 23.0 Å². The van der Waals surface area contributed by atoms with Gasteiger partial charge in [-0.25, -0.2) is 0 Å². The summed E-state index contributed by atoms with van der Waals surface area (Å²) in [5, 5.41) is 0. The van der Waals surface area contributed by atoms with Crippen LogP contribution in [0.2, 0.25) is 0 Å². The molecule has 9 heteroatoms. The topological polar surface area (TPSA) is 91.4 Å². The van der Waals surface area contributed by atoms with Crippen LogP contribution in [-0.2, 0) is 16.7 Å². The van der Waals surface area contributed by atoms with Crippen molar-refractivity contribution in [3.63, 3.8) is 0 Å². The van der Waals surface area contributed by atoms with Gasteiger partial charge in [-0.2, -0.15) is 8.42 Å². The van der Waals surface area contributed by atoms with Crippen molar-refractivity contribution in [2.75, 3.05) is 27.6 Å². The fourth-order valence-corrected chi connectivity index (χ4v) is 3.48. The Labute approximate surface area is 183 Å². The average Bonchev–Trinajstić information content (AvgIpc) is 2.75. The lowest BCUT2D eigenvalue weighted by Gasteiger charge is -2.29. The van der Waals surface area contributed by atoms with Crippen LogP contribution in [0.5, 0.6) is 23.0 Å². The Kier molecular flexibility index (Phi) is 8.15. The predicted octanol–water partition coefficient (Wildman–Crippen LogP) is 3.49. The highest BCUT2D eigenvalue weighted by Gasteiger charge is 2.25. The zero-order valence-corrected chi connectivity index (χ0v) is 19.5. The third-order valence-electron chi connectivity index (χ3n) is 4.84. The Hall–Kier alpha value is -2.94. The molecule has 8 nitrogen and oxygen atoms in total. The highest BCUT2D eigenvalue weighted by Crippen LogP contribution is 2.31. The van der Waals surface area contributed by atoms with Gasteiger partial charge < -0.3 is 23.3 Å². The molecule has 0 radical (unpaired) electrons. The average molecular weight is 452 g/mol. The molecule has 1 amide bonds. The number of rotatable bonds is 10. The molecule has 0 saturated carbocycles. The van der Waals surface area contributed by atoms with Gasteiger partial charge in [-0.1, -0.05) is 13.0 Å². The number of hydrogen-bond acceptors (Lipinski definition) is 7. The van der Waals surface area contributed by atoms with Crippen molar-refractivity contribution in [3.05, 3.63) is 47.5 Å². The van der Waals surface area contributed by atoms with Crippen molar-refractivity contribution in [2.45, 2.75) is 32.9 Å². The van der Waals surface area contributed by atoms with Crippen molar-refractivity contribution >= 4 is 16.0 Å². The zero-order chi connectivity index (χ0) is 23.2. The molecule has 0 aromatic heterocycles. The molecular formula is C22H29NO7S. The Morgan fingerprint density at radius 1 is 0.968 bits per heavy atom. The van der Waals surface area contributed by atoms with Crippen LogP contribution in [-0.4, -0.2) is 52.9 Å². The molecule has 0 aliphatic rings. The molecule has 0 fully saturated rings. The molecule has 2 aromatic carbocycles. The smallest absolute Gasteiger partial charge is 0.306 e. The number of hydrogen-bond donors (Lipinski definition) is 0. The molecule has 31 heavy (non-hydrogen) atoms. The first-order chi connectivity index (χ1) is 14.6. The second kappa shape index (κ2) is 10.4. The summed E-state index contributed by atoms with van der Waals surface area (Å²) in [5.41, 5.74) is 1.10. The number of carbonyl (C=O) groups is 1. The van der Waals surface area contributed by atoms with E-state index in [1.807, 2.05) is 13.8 Å². The summed E-state index contributed by atoms with van der Waals surface area (Å²) in [5.74, 6) is 1.14. The SMILES string of the molecule is CC[C@@H](C)N(Cc1ccc(OC)c(OS(C)(=O)=O)c1)C(=O)c1ccc(OC)cc1OC. The molecule has 2 rings (SSSR count). The fraction of sp³-hybridized carbons (Fsp3) is 0.409. The molecule has 0 aliphatic heterocycles. The number of carbonyl (C=O) groups excluding carboxylic acids is 1. The minimum absolute atomic E-state index is 0.0704. The van der Waals surface area contributed by atoms with Crippen LogP contribution in [0.1, 0.15) is 36.2 Å². The molecule has 0 bridgehead atoms. The Balaban J connectivity index is 2.42. The quantitative estimate of drug-likeness (QED) is 0.511. The predicted molar refractivity (Wildman–Crippen MR) is 118 cm³/mol. The van der Waals surface area contributed by atoms with Gasteiger partial charge in [-0.15, -0.1) is 0 Å². The van der Waals surface area contributed by atoms with Crippen LogP contribution in [0.15, 0.2) is 36.4 Å². The number of benzene rings is 2. The molecular weight excluding hydrogens is 422 g/mol. The number of amides is 1. The lowest BCUT2D eigenvalue weighted by molar-refractivity contribution is 0.0668. The highest BCUT2D eigenvalue weighted by atomic mass is 32.2. The van der Waals surface area contributed by atoms with Gasteiger partial charge >= 0.3 is 10.1 Å². The highest BCUT2D eigenvalue weighted by molar-refractivity contribution is 7.86. The maximum absolute atomic E-state index is 13.4. The van der Waals surface area contributed by atoms with Crippen molar-refractivity contribution in [2.24, 2.45) is 0 Å². The van der Waals surface area contributed by atoms with Crippen LogP contribution in [0.3, 0.4) is 0 Å². The van der Waals surface area contributed by atoms with Gasteiger partial charge in [0.25, 0.3) is 5.91 Å². The van der Waals surface area contributed by atoms with Gasteiger partial charge in [0.15, 0.2) is 11.5 Å². The number of methoxy groups -OCH3 is 3. The van der Waals surface area contributed by atoms with E-state index < -0.39 is 10.1 Å². The summed E-state index contributed by atoms with van der Waals surface area (Å²) in [6.45, 7) is 4.18. The third-order valence-corrected chi connectivity index (χ3v) is 5.33. The molecule has 170 valence electrons. The van der Waals surface area contributed by atoms with E-state index in [4.69, 9.17) is 18.4 Å². The van der Waals surface area contributed by atoms with E-state index in [9.17, 15) is 13.2 Å². The van der Waals surface area contributed by atoms with Crippen LogP contribution in [0.25, 0.3) is 0 Å². The van der Waals surface area contributed by atoms with Crippen LogP contribution in [0, 0.1) is 0 Å². The number of ether oxygens (including phenoxy) is 3. The molecule has 0 spiro atoms. The third kappa shape index (κ3) is 6.27. The summed E-state index contributed by atoms with van der Waals surface area (Å²) in [7, 11) is 0.726. The van der Waals surface area contributed by atoms with Gasteiger partial charge in [-0.3, -0.25) is 4.79 Å². The monoisotopic (exact) mass is 451 g/mol. The number of nitrogens with zero attached hydrogens (tertiary/aromatic N) is 1. The van der Waals surface area contributed by atoms with Crippen molar-refractivity contribution in [1.29, 1.82) is 0 Å². The molecule has 0 saturated heterocycles. The first-order valence-corrected chi connectivity index (χ1v) is 11.5. The van der Waals surface area contributed by atoms with E-state index in [0.29, 0.717) is 22.6 Å². The van der Waals surface area contributed by atoms with E-state index in [-0.39, 0.29) is 30.0 Å². The largest absolute Gasteiger partial charge is 0.497 e.